The molecule has 1 fully saturated rings. The summed E-state index contributed by atoms with van der Waals surface area (Å²) in [6, 6.07) is 0. The molecule has 1 saturated carbocycles. The Morgan fingerprint density at radius 1 is 1.70 bits per heavy atom. The molecule has 0 heterocycles. The molecule has 0 aromatic rings. The van der Waals surface area contributed by atoms with Crippen LogP contribution in [0.5, 0.6) is 0 Å². The number of halogens is 1. The predicted molar refractivity (Wildman–Crippen MR) is 48.4 cm³/mol. The van der Waals surface area contributed by atoms with Crippen LogP contribution in [0.4, 0.5) is 0 Å². The Bertz CT molecular complexity index is 172. The third-order valence-electron chi connectivity index (χ3n) is 1.81. The van der Waals surface area contributed by atoms with Gasteiger partial charge in [0.25, 0.3) is 0 Å². The van der Waals surface area contributed by atoms with Gasteiger partial charge < -0.3 is 0 Å². The summed E-state index contributed by atoms with van der Waals surface area (Å²) in [6.07, 6.45) is 5.01. The van der Waals surface area contributed by atoms with Crippen molar-refractivity contribution in [1.82, 2.24) is 0 Å². The fraction of sp³-hybridized carbons (Fsp3) is 0.625. The molecule has 1 aliphatic carbocycles. The van der Waals surface area contributed by atoms with Crippen LogP contribution < -0.4 is 0 Å². The largest absolute Gasteiger partial charge is 0.269 e. The molecule has 0 spiro atoms. The third-order valence-corrected chi connectivity index (χ3v) is 2.60. The quantitative estimate of drug-likeness (QED) is 0.610. The van der Waals surface area contributed by atoms with Crippen LogP contribution in [0.15, 0.2) is 15.7 Å². The Labute approximate surface area is 70.4 Å². The maximum Gasteiger partial charge on any atom is 0.0368 e. The standard InChI is InChI=1S/C8H12BrN/c1-3-10-5-8(9)7-4-6(7)2/h3,5-7H,4H2,1-2H3/b8-5+,10-3?/t6?,7-/m1/s1. The van der Waals surface area contributed by atoms with Crippen molar-refractivity contribution in [3.8, 4) is 0 Å². The van der Waals surface area contributed by atoms with E-state index >= 15 is 0 Å². The fourth-order valence-corrected chi connectivity index (χ4v) is 1.70. The SMILES string of the molecule is CC=N/C=C(/Br)[C@@H]1CC1C. The molecule has 2 heteroatoms. The van der Waals surface area contributed by atoms with Gasteiger partial charge in [-0.1, -0.05) is 22.9 Å². The van der Waals surface area contributed by atoms with E-state index in [0.717, 1.165) is 11.8 Å². The van der Waals surface area contributed by atoms with Crippen LogP contribution in [0.1, 0.15) is 20.3 Å². The normalized spacial score (nSPS) is 33.3. The first-order chi connectivity index (χ1) is 4.75. The smallest absolute Gasteiger partial charge is 0.0368 e. The molecule has 0 aromatic carbocycles. The van der Waals surface area contributed by atoms with E-state index < -0.39 is 0 Å². The summed E-state index contributed by atoms with van der Waals surface area (Å²) in [7, 11) is 0. The van der Waals surface area contributed by atoms with Crippen molar-refractivity contribution in [1.29, 1.82) is 0 Å². The Morgan fingerprint density at radius 2 is 2.30 bits per heavy atom. The van der Waals surface area contributed by atoms with Crippen molar-refractivity contribution >= 4 is 22.1 Å². The second-order valence-electron chi connectivity index (χ2n) is 2.74. The van der Waals surface area contributed by atoms with E-state index in [1.54, 1.807) is 6.21 Å². The summed E-state index contributed by atoms with van der Waals surface area (Å²) in [5.74, 6) is 1.61. The molecular formula is C8H12BrN. The van der Waals surface area contributed by atoms with E-state index in [4.69, 9.17) is 0 Å². The van der Waals surface area contributed by atoms with Gasteiger partial charge in [-0.3, -0.25) is 4.99 Å². The molecule has 1 unspecified atom stereocenters. The summed E-state index contributed by atoms with van der Waals surface area (Å²) in [4.78, 5) is 4.03. The maximum atomic E-state index is 4.03. The minimum atomic E-state index is 0.753. The summed E-state index contributed by atoms with van der Waals surface area (Å²) in [5.41, 5.74) is 0. The third kappa shape index (κ3) is 1.94. The highest BCUT2D eigenvalue weighted by Gasteiger charge is 2.34. The number of hydrogen-bond donors (Lipinski definition) is 0. The van der Waals surface area contributed by atoms with Crippen molar-refractivity contribution in [3.05, 3.63) is 10.7 Å². The second-order valence-corrected chi connectivity index (χ2v) is 3.66. The zero-order valence-corrected chi connectivity index (χ0v) is 7.93. The van der Waals surface area contributed by atoms with Crippen LogP contribution in [-0.2, 0) is 0 Å². The molecule has 56 valence electrons. The van der Waals surface area contributed by atoms with Crippen LogP contribution in [0.2, 0.25) is 0 Å². The van der Waals surface area contributed by atoms with Gasteiger partial charge >= 0.3 is 0 Å². The van der Waals surface area contributed by atoms with Gasteiger partial charge in [0.1, 0.15) is 0 Å². The highest BCUT2D eigenvalue weighted by molar-refractivity contribution is 9.11. The van der Waals surface area contributed by atoms with Crippen LogP contribution in [0, 0.1) is 11.8 Å². The molecule has 0 N–H and O–H groups in total. The highest BCUT2D eigenvalue weighted by atomic mass is 79.9. The van der Waals surface area contributed by atoms with Gasteiger partial charge in [0.05, 0.1) is 0 Å². The molecule has 0 aromatic heterocycles. The molecule has 0 radical (unpaired) electrons. The maximum absolute atomic E-state index is 4.03. The summed E-state index contributed by atoms with van der Waals surface area (Å²) >= 11 is 3.49. The minimum absolute atomic E-state index is 0.753. The lowest BCUT2D eigenvalue weighted by Gasteiger charge is -1.89. The molecule has 1 rings (SSSR count). The fourth-order valence-electron chi connectivity index (χ4n) is 0.948. The number of allylic oxidation sites excluding steroid dienone is 1. The number of hydrogen-bond acceptors (Lipinski definition) is 1. The van der Waals surface area contributed by atoms with E-state index in [1.807, 2.05) is 13.1 Å². The van der Waals surface area contributed by atoms with Gasteiger partial charge in [0.15, 0.2) is 0 Å². The average Bonchev–Trinajstić information content (AvgIpc) is 2.62. The number of aliphatic imine (C=N–C) groups is 1. The van der Waals surface area contributed by atoms with Crippen LogP contribution in [-0.4, -0.2) is 6.21 Å². The van der Waals surface area contributed by atoms with Crippen molar-refractivity contribution in [3.63, 3.8) is 0 Å². The Balaban J connectivity index is 2.41. The molecule has 1 aliphatic rings. The Kier molecular flexibility index (Phi) is 2.66. The molecule has 10 heavy (non-hydrogen) atoms. The van der Waals surface area contributed by atoms with E-state index in [2.05, 4.69) is 27.8 Å². The highest BCUT2D eigenvalue weighted by Crippen LogP contribution is 2.45. The van der Waals surface area contributed by atoms with E-state index in [-0.39, 0.29) is 0 Å². The first-order valence-corrected chi connectivity index (χ1v) is 4.38. The lowest BCUT2D eigenvalue weighted by atomic mass is 10.3. The molecule has 0 saturated heterocycles. The van der Waals surface area contributed by atoms with Crippen molar-refractivity contribution in [2.75, 3.05) is 0 Å². The number of rotatable bonds is 2. The van der Waals surface area contributed by atoms with Crippen LogP contribution >= 0.6 is 15.9 Å². The topological polar surface area (TPSA) is 12.4 Å². The molecule has 1 nitrogen and oxygen atoms in total. The molecule has 0 aliphatic heterocycles. The van der Waals surface area contributed by atoms with E-state index in [9.17, 15) is 0 Å². The van der Waals surface area contributed by atoms with Crippen molar-refractivity contribution in [2.45, 2.75) is 20.3 Å². The van der Waals surface area contributed by atoms with Crippen molar-refractivity contribution < 1.29 is 0 Å². The van der Waals surface area contributed by atoms with Crippen LogP contribution in [0.25, 0.3) is 0 Å². The Hall–Kier alpha value is -0.110. The van der Waals surface area contributed by atoms with Gasteiger partial charge in [-0.25, -0.2) is 0 Å². The lowest BCUT2D eigenvalue weighted by molar-refractivity contribution is 0.890. The van der Waals surface area contributed by atoms with Gasteiger partial charge in [-0.05, 0) is 25.2 Å². The second kappa shape index (κ2) is 3.33. The summed E-state index contributed by atoms with van der Waals surface area (Å²) in [6.45, 7) is 4.18. The van der Waals surface area contributed by atoms with Gasteiger partial charge in [0, 0.05) is 16.9 Å². The van der Waals surface area contributed by atoms with E-state index in [0.29, 0.717) is 0 Å². The zero-order valence-electron chi connectivity index (χ0n) is 6.34. The molecular weight excluding hydrogens is 190 g/mol. The predicted octanol–water partition coefficient (Wildman–Crippen LogP) is 2.97. The van der Waals surface area contributed by atoms with Gasteiger partial charge in [-0.2, -0.15) is 0 Å². The monoisotopic (exact) mass is 201 g/mol. The summed E-state index contributed by atoms with van der Waals surface area (Å²) < 4.78 is 1.25. The average molecular weight is 202 g/mol. The van der Waals surface area contributed by atoms with Crippen LogP contribution in [0.3, 0.4) is 0 Å². The number of nitrogens with zero attached hydrogens (tertiary/aromatic N) is 1. The molecule has 0 amide bonds. The minimum Gasteiger partial charge on any atom is -0.269 e. The first kappa shape index (κ1) is 7.99. The lowest BCUT2D eigenvalue weighted by Crippen LogP contribution is -1.75. The van der Waals surface area contributed by atoms with E-state index in [1.165, 1.54) is 10.9 Å². The Morgan fingerprint density at radius 3 is 2.70 bits per heavy atom. The first-order valence-electron chi connectivity index (χ1n) is 3.59. The van der Waals surface area contributed by atoms with Crippen molar-refractivity contribution in [2.24, 2.45) is 16.8 Å². The molecule has 0 bridgehead atoms. The molecule has 2 atom stereocenters. The zero-order chi connectivity index (χ0) is 7.56. The summed E-state index contributed by atoms with van der Waals surface area (Å²) in [5, 5.41) is 0. The van der Waals surface area contributed by atoms with Gasteiger partial charge in [-0.15, -0.1) is 0 Å². The van der Waals surface area contributed by atoms with Gasteiger partial charge in [0.2, 0.25) is 0 Å².